The highest BCUT2D eigenvalue weighted by molar-refractivity contribution is 7.14. The van der Waals surface area contributed by atoms with Crippen LogP contribution in [0.3, 0.4) is 0 Å². The maximum absolute atomic E-state index is 5.20. The van der Waals surface area contributed by atoms with Gasteiger partial charge in [0.1, 0.15) is 16.5 Å². The van der Waals surface area contributed by atoms with Gasteiger partial charge in [0.25, 0.3) is 0 Å². The van der Waals surface area contributed by atoms with Gasteiger partial charge >= 0.3 is 0 Å². The average molecular weight is 298 g/mol. The lowest BCUT2D eigenvalue weighted by Gasteiger charge is -2.07. The summed E-state index contributed by atoms with van der Waals surface area (Å²) < 4.78 is 5.20. The van der Waals surface area contributed by atoms with Crippen molar-refractivity contribution in [3.63, 3.8) is 0 Å². The van der Waals surface area contributed by atoms with Gasteiger partial charge in [0.05, 0.1) is 7.11 Å². The van der Waals surface area contributed by atoms with Crippen LogP contribution in [0, 0.1) is 6.92 Å². The van der Waals surface area contributed by atoms with Crippen LogP contribution in [-0.4, -0.2) is 22.1 Å². The molecule has 0 aliphatic heterocycles. The van der Waals surface area contributed by atoms with Crippen LogP contribution < -0.4 is 10.1 Å². The molecule has 0 atom stereocenters. The Morgan fingerprint density at radius 2 is 2.10 bits per heavy atom. The molecule has 5 nitrogen and oxygen atoms in total. The van der Waals surface area contributed by atoms with Crippen LogP contribution in [-0.2, 0) is 0 Å². The monoisotopic (exact) mass is 298 g/mol. The van der Waals surface area contributed by atoms with E-state index in [1.54, 1.807) is 24.6 Å². The topological polar surface area (TPSA) is 59.9 Å². The number of benzene rings is 1. The maximum atomic E-state index is 5.20. The van der Waals surface area contributed by atoms with Gasteiger partial charge in [0, 0.05) is 29.0 Å². The molecule has 0 saturated heterocycles. The molecule has 106 valence electrons. The lowest BCUT2D eigenvalue weighted by atomic mass is 10.3. The minimum atomic E-state index is 0.536. The highest BCUT2D eigenvalue weighted by Crippen LogP contribution is 2.24. The summed E-state index contributed by atoms with van der Waals surface area (Å²) in [6.45, 7) is 2.03. The average Bonchev–Trinajstić information content (AvgIpc) is 2.94. The lowest BCUT2D eigenvalue weighted by molar-refractivity contribution is 0.415. The van der Waals surface area contributed by atoms with Crippen LogP contribution in [0.5, 0.6) is 5.75 Å². The van der Waals surface area contributed by atoms with E-state index < -0.39 is 0 Å². The summed E-state index contributed by atoms with van der Waals surface area (Å²) in [6, 6.07) is 9.49. The molecule has 3 aromatic rings. The van der Waals surface area contributed by atoms with Crippen LogP contribution in [0.25, 0.3) is 10.7 Å². The van der Waals surface area contributed by atoms with E-state index in [2.05, 4.69) is 20.3 Å². The second-order valence-electron chi connectivity index (χ2n) is 4.40. The quantitative estimate of drug-likeness (QED) is 0.796. The second kappa shape index (κ2) is 5.88. The molecule has 0 aliphatic carbocycles. The fraction of sp³-hybridized carbons (Fsp3) is 0.133. The van der Waals surface area contributed by atoms with Crippen LogP contribution in [0.2, 0.25) is 0 Å². The molecule has 0 bridgehead atoms. The Kier molecular flexibility index (Phi) is 3.79. The van der Waals surface area contributed by atoms with Gasteiger partial charge in [-0.2, -0.15) is 0 Å². The Balaban J connectivity index is 1.86. The molecule has 0 radical (unpaired) electrons. The van der Waals surface area contributed by atoms with Crippen LogP contribution in [0.4, 0.5) is 11.6 Å². The van der Waals surface area contributed by atoms with E-state index in [4.69, 9.17) is 4.74 Å². The van der Waals surface area contributed by atoms with Gasteiger partial charge in [0.15, 0.2) is 0 Å². The van der Waals surface area contributed by atoms with E-state index in [1.807, 2.05) is 43.5 Å². The number of ether oxygens (including phenoxy) is 1. The number of anilines is 2. The first-order chi connectivity index (χ1) is 10.2. The summed E-state index contributed by atoms with van der Waals surface area (Å²) in [5, 5.41) is 4.06. The molecular weight excluding hydrogens is 284 g/mol. The first-order valence-corrected chi connectivity index (χ1v) is 7.23. The molecule has 1 N–H and O–H groups in total. The second-order valence-corrected chi connectivity index (χ2v) is 5.63. The van der Waals surface area contributed by atoms with Crippen molar-refractivity contribution in [1.29, 1.82) is 0 Å². The van der Waals surface area contributed by atoms with E-state index >= 15 is 0 Å². The molecule has 0 amide bonds. The third kappa shape index (κ3) is 3.17. The molecule has 21 heavy (non-hydrogen) atoms. The van der Waals surface area contributed by atoms with Gasteiger partial charge in [-0.05, 0) is 25.1 Å². The van der Waals surface area contributed by atoms with Gasteiger partial charge in [-0.3, -0.25) is 0 Å². The van der Waals surface area contributed by atoms with Crippen LogP contribution >= 0.6 is 11.3 Å². The van der Waals surface area contributed by atoms with Crippen molar-refractivity contribution in [1.82, 2.24) is 15.0 Å². The van der Waals surface area contributed by atoms with Crippen molar-refractivity contribution < 1.29 is 4.74 Å². The molecule has 0 fully saturated rings. The molecule has 6 heteroatoms. The van der Waals surface area contributed by atoms with Crippen molar-refractivity contribution in [2.45, 2.75) is 6.92 Å². The molecule has 0 aliphatic rings. The van der Waals surface area contributed by atoms with Gasteiger partial charge in [0.2, 0.25) is 5.95 Å². The number of methoxy groups -OCH3 is 1. The highest BCUT2D eigenvalue weighted by Gasteiger charge is 2.06. The van der Waals surface area contributed by atoms with Crippen molar-refractivity contribution in [2.75, 3.05) is 12.4 Å². The molecule has 0 spiro atoms. The van der Waals surface area contributed by atoms with Gasteiger partial charge in [-0.1, -0.05) is 6.07 Å². The summed E-state index contributed by atoms with van der Waals surface area (Å²) in [5.41, 5.74) is 1.69. The standard InChI is InChI=1S/C15H14N4OS/c1-10-9-17-14(21-10)13-6-7-16-15(19-13)18-11-4-3-5-12(8-11)20-2/h3-9H,1-2H3,(H,16,18,19). The van der Waals surface area contributed by atoms with E-state index in [1.165, 1.54) is 0 Å². The first-order valence-electron chi connectivity index (χ1n) is 6.41. The Labute approximate surface area is 126 Å². The molecule has 2 heterocycles. The van der Waals surface area contributed by atoms with E-state index in [0.717, 1.165) is 27.0 Å². The van der Waals surface area contributed by atoms with Crippen molar-refractivity contribution in [3.05, 3.63) is 47.6 Å². The Morgan fingerprint density at radius 1 is 1.19 bits per heavy atom. The molecular formula is C15H14N4OS. The molecule has 1 aromatic carbocycles. The first kappa shape index (κ1) is 13.5. The van der Waals surface area contributed by atoms with Gasteiger partial charge < -0.3 is 10.1 Å². The summed E-state index contributed by atoms with van der Waals surface area (Å²) in [7, 11) is 1.64. The fourth-order valence-corrected chi connectivity index (χ4v) is 2.58. The number of hydrogen-bond donors (Lipinski definition) is 1. The predicted molar refractivity (Wildman–Crippen MR) is 84.2 cm³/mol. The van der Waals surface area contributed by atoms with Crippen molar-refractivity contribution in [3.8, 4) is 16.5 Å². The summed E-state index contributed by atoms with van der Waals surface area (Å²) in [6.07, 6.45) is 3.57. The number of nitrogens with one attached hydrogen (secondary N) is 1. The minimum Gasteiger partial charge on any atom is -0.497 e. The third-order valence-electron chi connectivity index (χ3n) is 2.82. The SMILES string of the molecule is COc1cccc(Nc2nccc(-c3ncc(C)s3)n2)c1. The number of aryl methyl sites for hydroxylation is 1. The Hall–Kier alpha value is -2.47. The zero-order valence-corrected chi connectivity index (χ0v) is 12.5. The van der Waals surface area contributed by atoms with Gasteiger partial charge in [-0.15, -0.1) is 11.3 Å². The van der Waals surface area contributed by atoms with E-state index in [9.17, 15) is 0 Å². The number of hydrogen-bond acceptors (Lipinski definition) is 6. The molecule has 0 unspecified atom stereocenters. The largest absolute Gasteiger partial charge is 0.497 e. The van der Waals surface area contributed by atoms with E-state index in [0.29, 0.717) is 5.95 Å². The Bertz CT molecular complexity index is 757. The smallest absolute Gasteiger partial charge is 0.227 e. The normalized spacial score (nSPS) is 10.4. The minimum absolute atomic E-state index is 0.536. The third-order valence-corrected chi connectivity index (χ3v) is 3.76. The number of thiazole rings is 1. The summed E-state index contributed by atoms with van der Waals surface area (Å²) in [4.78, 5) is 14.2. The van der Waals surface area contributed by atoms with Crippen molar-refractivity contribution in [2.24, 2.45) is 0 Å². The molecule has 2 aromatic heterocycles. The summed E-state index contributed by atoms with van der Waals surface area (Å²) in [5.74, 6) is 1.32. The maximum Gasteiger partial charge on any atom is 0.227 e. The Morgan fingerprint density at radius 3 is 2.86 bits per heavy atom. The number of rotatable bonds is 4. The predicted octanol–water partition coefficient (Wildman–Crippen LogP) is 3.66. The summed E-state index contributed by atoms with van der Waals surface area (Å²) >= 11 is 1.61. The number of aromatic nitrogens is 3. The van der Waals surface area contributed by atoms with Crippen molar-refractivity contribution >= 4 is 23.0 Å². The van der Waals surface area contributed by atoms with Gasteiger partial charge in [-0.25, -0.2) is 15.0 Å². The molecule has 3 rings (SSSR count). The van der Waals surface area contributed by atoms with Crippen LogP contribution in [0.1, 0.15) is 4.88 Å². The number of nitrogens with zero attached hydrogens (tertiary/aromatic N) is 3. The molecule has 0 saturated carbocycles. The zero-order chi connectivity index (χ0) is 14.7. The van der Waals surface area contributed by atoms with E-state index in [-0.39, 0.29) is 0 Å². The fourth-order valence-electron chi connectivity index (χ4n) is 1.84. The lowest BCUT2D eigenvalue weighted by Crippen LogP contribution is -1.98. The van der Waals surface area contributed by atoms with Crippen LogP contribution in [0.15, 0.2) is 42.7 Å². The zero-order valence-electron chi connectivity index (χ0n) is 11.7. The highest BCUT2D eigenvalue weighted by atomic mass is 32.1.